The molecule has 0 unspecified atom stereocenters. The van der Waals surface area contributed by atoms with Gasteiger partial charge in [-0.15, -0.1) is 17.0 Å². The second kappa shape index (κ2) is 15.7. The van der Waals surface area contributed by atoms with E-state index in [0.717, 1.165) is 0 Å². The number of rotatable bonds is 0. The quantitative estimate of drug-likeness (QED) is 0.283. The molecule has 0 saturated heterocycles. The molecule has 0 aliphatic rings. The van der Waals surface area contributed by atoms with Crippen molar-refractivity contribution in [2.45, 2.75) is 0 Å². The van der Waals surface area contributed by atoms with Crippen molar-refractivity contribution >= 4 is 43.2 Å². The van der Waals surface area contributed by atoms with Crippen LogP contribution in [0.2, 0.25) is 0 Å². The molecule has 0 N–H and O–H groups in total. The normalized spacial score (nSPS) is 0. The summed E-state index contributed by atoms with van der Waals surface area (Å²) in [5, 5.41) is 0. The molecule has 0 fully saturated rings. The first kappa shape index (κ1) is 24.2. The molecule has 0 aliphatic heterocycles. The van der Waals surface area contributed by atoms with Gasteiger partial charge in [-0.05, 0) is 0 Å². The van der Waals surface area contributed by atoms with E-state index in [4.69, 9.17) is 0 Å². The van der Waals surface area contributed by atoms with E-state index in [1.165, 1.54) is 0 Å². The molecule has 29 valence electrons. The summed E-state index contributed by atoms with van der Waals surface area (Å²) in [7, 11) is 0. The zero-order chi connectivity index (χ0) is 0. The van der Waals surface area contributed by atoms with Gasteiger partial charge in [-0.25, -0.2) is 0 Å². The van der Waals surface area contributed by atoms with Crippen molar-refractivity contribution in [2.24, 2.45) is 0 Å². The Kier molecular flexibility index (Phi) is 94.9. The fourth-order valence-electron chi connectivity index (χ4n) is 0. The Labute approximate surface area is 132 Å². The molecule has 4 heteroatoms. The van der Waals surface area contributed by atoms with E-state index in [9.17, 15) is 0 Å². The van der Waals surface area contributed by atoms with Crippen LogP contribution in [-0.2, 0) is 22.4 Å². The van der Waals surface area contributed by atoms with E-state index in [1.54, 1.807) is 0 Å². The van der Waals surface area contributed by atoms with Crippen LogP contribution in [0.3, 0.4) is 0 Å². The molecule has 0 rings (SSSR count). The Morgan fingerprint density at radius 3 is 1.25 bits per heavy atom. The fraction of sp³-hybridized carbons (Fsp3) is 0. The average Bonchev–Trinajstić information content (AvgIpc) is 0. The molecule has 0 nitrogen and oxygen atoms in total. The summed E-state index contributed by atoms with van der Waals surface area (Å²) in [6, 6.07) is 0. The minimum Gasteiger partial charge on any atom is -1.00 e. The monoisotopic (exact) mass is 533 g/mol. The van der Waals surface area contributed by atoms with Gasteiger partial charge in [0.05, 0.1) is 0 Å². The maximum Gasteiger partial charge on any atom is 1.00 e. The molecule has 0 atom stereocenters. The molecule has 0 heterocycles. The van der Waals surface area contributed by atoms with Gasteiger partial charge in [0.25, 0.3) is 0 Å². The maximum atomic E-state index is 0. The van der Waals surface area contributed by atoms with Gasteiger partial charge in [-0.3, -0.25) is 0 Å². The Balaban J connectivity index is 0. The van der Waals surface area contributed by atoms with Crippen LogP contribution in [-0.4, -0.2) is 26.2 Å². The van der Waals surface area contributed by atoms with E-state index >= 15 is 0 Å². The van der Waals surface area contributed by atoms with Crippen LogP contribution < -0.4 is 68.9 Å². The van der Waals surface area contributed by atoms with Gasteiger partial charge in [0.15, 0.2) is 0 Å². The third-order valence-corrected chi connectivity index (χ3v) is 0. The zero-order valence-electron chi connectivity index (χ0n) is 3.42. The van der Waals surface area contributed by atoms with Crippen molar-refractivity contribution < 1.29 is 92.7 Å². The summed E-state index contributed by atoms with van der Waals surface area (Å²) in [6.45, 7) is 0. The molecule has 0 aromatic carbocycles. The molecule has 0 aromatic rings. The molecule has 0 saturated carbocycles. The minimum atomic E-state index is 0. The Hall–Kier alpha value is 4.16. The molecule has 0 bridgehead atoms. The predicted octanol–water partition coefficient (Wildman–Crippen LogP) is -3.49. The molecule has 0 spiro atoms. The first-order chi connectivity index (χ1) is 0. The van der Waals surface area contributed by atoms with Gasteiger partial charge in [0, 0.05) is 22.4 Å². The van der Waals surface area contributed by atoms with Crippen molar-refractivity contribution in [3.05, 3.63) is 0 Å². The van der Waals surface area contributed by atoms with Crippen LogP contribution in [0.25, 0.3) is 0 Å². The Morgan fingerprint density at radius 1 is 1.25 bits per heavy atom. The van der Waals surface area contributed by atoms with E-state index in [0.29, 0.717) is 0 Å². The van der Waals surface area contributed by atoms with Crippen molar-refractivity contribution in [2.75, 3.05) is 0 Å². The van der Waals surface area contributed by atoms with Crippen molar-refractivity contribution in [1.82, 2.24) is 0 Å². The SMILES string of the molecule is Br.[Ag].[BiH3].[Cs+].[H-]. The van der Waals surface area contributed by atoms with E-state index in [1.807, 2.05) is 0 Å². The standard InChI is InChI=1S/Ag.Bi.BrH.Cs.4H/h;;1H;;;;;/q;;;+1;;;;-1. The second-order valence-electron chi connectivity index (χ2n) is 0. The largest absolute Gasteiger partial charge is 1.00 e. The number of hydrogen-bond acceptors (Lipinski definition) is 0. The first-order valence-electron chi connectivity index (χ1n) is 0. The molecule has 0 aromatic heterocycles. The summed E-state index contributed by atoms with van der Waals surface area (Å²) < 4.78 is 0. The molecular weight excluding hydrogens is 530 g/mol. The predicted molar refractivity (Wildman–Crippen MR) is 21.4 cm³/mol. The van der Waals surface area contributed by atoms with Gasteiger partial charge >= 0.3 is 95.1 Å². The number of hydrogen-bond donors (Lipinski definition) is 0. The van der Waals surface area contributed by atoms with Gasteiger partial charge in [0.1, 0.15) is 0 Å². The van der Waals surface area contributed by atoms with Crippen LogP contribution >= 0.6 is 17.0 Å². The molecule has 0 aliphatic carbocycles. The van der Waals surface area contributed by atoms with Crippen LogP contribution in [0.5, 0.6) is 0 Å². The molecular formula is H5AgBiBrCs. The van der Waals surface area contributed by atoms with Crippen LogP contribution in [0.15, 0.2) is 0 Å². The smallest absolute Gasteiger partial charge is 1.00 e. The first-order valence-corrected chi connectivity index (χ1v) is 0. The van der Waals surface area contributed by atoms with Crippen molar-refractivity contribution in [3.8, 4) is 0 Å². The van der Waals surface area contributed by atoms with Crippen LogP contribution in [0.4, 0.5) is 0 Å². The maximum absolute atomic E-state index is 0. The third-order valence-electron chi connectivity index (χ3n) is 0. The molecule has 0 amide bonds. The van der Waals surface area contributed by atoms with Gasteiger partial charge in [-0.1, -0.05) is 0 Å². The van der Waals surface area contributed by atoms with Crippen molar-refractivity contribution in [3.63, 3.8) is 0 Å². The Morgan fingerprint density at radius 2 is 1.25 bits per heavy atom. The summed E-state index contributed by atoms with van der Waals surface area (Å²) in [6.07, 6.45) is 0. The number of halogens is 1. The topological polar surface area (TPSA) is 0 Å². The summed E-state index contributed by atoms with van der Waals surface area (Å²) in [5.74, 6) is 0. The van der Waals surface area contributed by atoms with Crippen LogP contribution in [0, 0.1) is 0 Å². The van der Waals surface area contributed by atoms with Crippen molar-refractivity contribution in [1.29, 1.82) is 0 Å². The molecule has 4 heavy (non-hydrogen) atoms. The van der Waals surface area contributed by atoms with E-state index in [2.05, 4.69) is 0 Å². The summed E-state index contributed by atoms with van der Waals surface area (Å²) in [5.41, 5.74) is 0. The van der Waals surface area contributed by atoms with E-state index in [-0.39, 0.29) is 136 Å². The van der Waals surface area contributed by atoms with Gasteiger partial charge in [-0.2, -0.15) is 0 Å². The van der Waals surface area contributed by atoms with Crippen LogP contribution in [0.1, 0.15) is 1.43 Å². The minimum absolute atomic E-state index is 0. The molecule has 1 radical (unpaired) electrons. The third kappa shape index (κ3) is 9.47. The fourth-order valence-corrected chi connectivity index (χ4v) is 0. The van der Waals surface area contributed by atoms with E-state index < -0.39 is 0 Å². The summed E-state index contributed by atoms with van der Waals surface area (Å²) in [4.78, 5) is 0. The second-order valence-corrected chi connectivity index (χ2v) is 0. The Bertz CT molecular complexity index is 11.6. The zero-order valence-corrected chi connectivity index (χ0v) is 17.4. The summed E-state index contributed by atoms with van der Waals surface area (Å²) >= 11 is 0. The average molecular weight is 535 g/mol. The van der Waals surface area contributed by atoms with Gasteiger partial charge in [0.2, 0.25) is 0 Å². The van der Waals surface area contributed by atoms with Gasteiger partial charge < -0.3 is 1.43 Å².